The molecule has 2 bridgehead atoms. The summed E-state index contributed by atoms with van der Waals surface area (Å²) < 4.78 is 1.69. The Morgan fingerprint density at radius 1 is 1.15 bits per heavy atom. The van der Waals surface area contributed by atoms with E-state index in [0.29, 0.717) is 29.3 Å². The normalized spacial score (nSPS) is 25.8. The third kappa shape index (κ3) is 3.70. The van der Waals surface area contributed by atoms with Crippen LogP contribution in [0.15, 0.2) is 53.3 Å². The lowest BCUT2D eigenvalue weighted by atomic mass is 9.86. The van der Waals surface area contributed by atoms with Gasteiger partial charge in [-0.15, -0.1) is 0 Å². The molecule has 1 saturated heterocycles. The van der Waals surface area contributed by atoms with Crippen LogP contribution in [0.25, 0.3) is 6.08 Å². The van der Waals surface area contributed by atoms with Gasteiger partial charge in [-0.3, -0.25) is 14.4 Å². The largest absolute Gasteiger partial charge is 0.396 e. The molecule has 2 fully saturated rings. The molecule has 7 nitrogen and oxygen atoms in total. The molecule has 2 N–H and O–H groups in total. The van der Waals surface area contributed by atoms with Gasteiger partial charge in [-0.2, -0.15) is 0 Å². The summed E-state index contributed by atoms with van der Waals surface area (Å²) in [6, 6.07) is 11.5. The molecule has 2 aliphatic heterocycles. The zero-order chi connectivity index (χ0) is 23.1. The first-order chi connectivity index (χ1) is 16.0. The van der Waals surface area contributed by atoms with E-state index in [1.807, 2.05) is 37.3 Å². The number of aliphatic hydroxyl groups excluding tert-OH is 1. The van der Waals surface area contributed by atoms with E-state index in [2.05, 4.69) is 5.32 Å². The highest BCUT2D eigenvalue weighted by Crippen LogP contribution is 2.49. The number of carbonyl (C=O) groups excluding carboxylic acids is 2. The molecule has 2 amide bonds. The maximum atomic E-state index is 13.6. The average molecular weight is 448 g/mol. The second-order valence-corrected chi connectivity index (χ2v) is 9.28. The van der Waals surface area contributed by atoms with Crippen LogP contribution < -0.4 is 10.9 Å². The fourth-order valence-electron chi connectivity index (χ4n) is 5.42. The zero-order valence-corrected chi connectivity index (χ0v) is 18.7. The summed E-state index contributed by atoms with van der Waals surface area (Å²) in [5.41, 5.74) is 1.61. The summed E-state index contributed by atoms with van der Waals surface area (Å²) >= 11 is 0. The van der Waals surface area contributed by atoms with Crippen LogP contribution in [0.5, 0.6) is 0 Å². The Morgan fingerprint density at radius 3 is 2.58 bits per heavy atom. The van der Waals surface area contributed by atoms with Crippen molar-refractivity contribution < 1.29 is 14.7 Å². The van der Waals surface area contributed by atoms with Gasteiger partial charge in [-0.1, -0.05) is 30.4 Å². The van der Waals surface area contributed by atoms with Gasteiger partial charge in [-0.25, -0.2) is 0 Å². The highest BCUT2D eigenvalue weighted by molar-refractivity contribution is 5.96. The predicted octanol–water partition coefficient (Wildman–Crippen LogP) is 2.21. The molecule has 3 aliphatic rings. The first-order valence-electron chi connectivity index (χ1n) is 11.7. The first-order valence-corrected chi connectivity index (χ1v) is 11.7. The molecular formula is C26H29N3O4. The summed E-state index contributed by atoms with van der Waals surface area (Å²) in [6.07, 6.45) is 5.81. The number of carbonyl (C=O) groups is 2. The summed E-state index contributed by atoms with van der Waals surface area (Å²) in [4.78, 5) is 42.0. The molecule has 1 aromatic heterocycles. The smallest absolute Gasteiger partial charge is 0.258 e. The second-order valence-electron chi connectivity index (χ2n) is 9.28. The average Bonchev–Trinajstić information content (AvgIpc) is 3.63. The quantitative estimate of drug-likeness (QED) is 0.710. The fourth-order valence-corrected chi connectivity index (χ4v) is 5.42. The third-order valence-electron chi connectivity index (χ3n) is 7.24. The molecule has 2 aromatic rings. The number of allylic oxidation sites excluding steroid dienone is 1. The van der Waals surface area contributed by atoms with Crippen molar-refractivity contribution >= 4 is 17.9 Å². The number of fused-ring (bicyclic) bond motifs is 4. The minimum Gasteiger partial charge on any atom is -0.396 e. The number of hydrogen-bond donors (Lipinski definition) is 2. The van der Waals surface area contributed by atoms with E-state index in [4.69, 9.17) is 0 Å². The van der Waals surface area contributed by atoms with Gasteiger partial charge in [0.1, 0.15) is 0 Å². The van der Waals surface area contributed by atoms with Gasteiger partial charge in [0, 0.05) is 42.4 Å². The molecule has 4 atom stereocenters. The molecule has 0 spiro atoms. The molecule has 0 radical (unpaired) electrons. The SMILES string of the molecule is C/C=C\c1ccc2n(c1=O)C[C@H]1[C@H](CO)[C@@H](C(=O)NCC3CC3)[C@@H]2N1C(=O)c1ccccc1. The standard InChI is InChI=1S/C26H29N3O4/c1-2-6-17-11-12-20-23-22(24(31)27-13-16-9-10-16)19(15-30)21(14-28(20)25(17)32)29(23)26(33)18-7-4-3-5-8-18/h2-8,11-12,16,19,21-23,30H,9-10,13-15H2,1H3,(H,27,31)/b6-2-/t19-,21-,22+,23+/m0/s1. The molecule has 1 saturated carbocycles. The maximum Gasteiger partial charge on any atom is 0.258 e. The van der Waals surface area contributed by atoms with Gasteiger partial charge in [0.25, 0.3) is 11.5 Å². The van der Waals surface area contributed by atoms with E-state index >= 15 is 0 Å². The maximum absolute atomic E-state index is 13.6. The van der Waals surface area contributed by atoms with E-state index in [-0.39, 0.29) is 30.5 Å². The lowest BCUT2D eigenvalue weighted by Crippen LogP contribution is -2.49. The summed E-state index contributed by atoms with van der Waals surface area (Å²) in [5.74, 6) is -0.892. The number of hydrogen-bond acceptors (Lipinski definition) is 4. The number of pyridine rings is 1. The van der Waals surface area contributed by atoms with Crippen molar-refractivity contribution in [3.05, 3.63) is 75.7 Å². The van der Waals surface area contributed by atoms with E-state index in [1.165, 1.54) is 0 Å². The molecule has 5 rings (SSSR count). The van der Waals surface area contributed by atoms with Crippen LogP contribution in [0.2, 0.25) is 0 Å². The Balaban J connectivity index is 1.61. The number of benzene rings is 1. The zero-order valence-electron chi connectivity index (χ0n) is 18.7. The molecule has 0 unspecified atom stereocenters. The minimum atomic E-state index is -0.618. The molecule has 7 heteroatoms. The number of amides is 2. The van der Waals surface area contributed by atoms with Gasteiger partial charge < -0.3 is 19.9 Å². The summed E-state index contributed by atoms with van der Waals surface area (Å²) in [7, 11) is 0. The van der Waals surface area contributed by atoms with Gasteiger partial charge >= 0.3 is 0 Å². The van der Waals surface area contributed by atoms with Crippen molar-refractivity contribution in [2.24, 2.45) is 17.8 Å². The van der Waals surface area contributed by atoms with Crippen LogP contribution in [0.1, 0.15) is 47.4 Å². The number of nitrogens with zero attached hydrogens (tertiary/aromatic N) is 2. The highest BCUT2D eigenvalue weighted by Gasteiger charge is 2.57. The Labute approximate surface area is 192 Å². The van der Waals surface area contributed by atoms with E-state index in [0.717, 1.165) is 12.8 Å². The number of rotatable bonds is 6. The highest BCUT2D eigenvalue weighted by atomic mass is 16.3. The van der Waals surface area contributed by atoms with E-state index in [9.17, 15) is 19.5 Å². The monoisotopic (exact) mass is 447 g/mol. The topological polar surface area (TPSA) is 91.6 Å². The molecule has 33 heavy (non-hydrogen) atoms. The number of aliphatic hydroxyl groups is 1. The predicted molar refractivity (Wildman–Crippen MR) is 124 cm³/mol. The Hall–Kier alpha value is -3.19. The van der Waals surface area contributed by atoms with Crippen LogP contribution in [0.4, 0.5) is 0 Å². The van der Waals surface area contributed by atoms with Crippen LogP contribution in [0.3, 0.4) is 0 Å². The minimum absolute atomic E-state index is 0.136. The second kappa shape index (κ2) is 8.63. The Kier molecular flexibility index (Phi) is 5.66. The molecule has 3 heterocycles. The first kappa shape index (κ1) is 21.6. The lowest BCUT2D eigenvalue weighted by molar-refractivity contribution is -0.127. The van der Waals surface area contributed by atoms with Gasteiger partial charge in [0.2, 0.25) is 5.91 Å². The lowest BCUT2D eigenvalue weighted by Gasteiger charge is -2.38. The van der Waals surface area contributed by atoms with Crippen LogP contribution in [-0.2, 0) is 11.3 Å². The Bertz CT molecular complexity index is 1150. The van der Waals surface area contributed by atoms with Crippen molar-refractivity contribution in [1.29, 1.82) is 0 Å². The molecule has 1 aromatic carbocycles. The van der Waals surface area contributed by atoms with Crippen molar-refractivity contribution in [2.45, 2.75) is 38.4 Å². The fraction of sp³-hybridized carbons (Fsp3) is 0.423. The number of aromatic nitrogens is 1. The molecular weight excluding hydrogens is 418 g/mol. The van der Waals surface area contributed by atoms with E-state index < -0.39 is 23.9 Å². The molecule has 1 aliphatic carbocycles. The van der Waals surface area contributed by atoms with Gasteiger partial charge in [-0.05, 0) is 49.9 Å². The van der Waals surface area contributed by atoms with E-state index in [1.54, 1.807) is 33.7 Å². The van der Waals surface area contributed by atoms with Crippen molar-refractivity contribution in [1.82, 2.24) is 14.8 Å². The molecule has 172 valence electrons. The van der Waals surface area contributed by atoms with Crippen molar-refractivity contribution in [2.75, 3.05) is 13.2 Å². The summed E-state index contributed by atoms with van der Waals surface area (Å²) in [6.45, 7) is 2.50. The van der Waals surface area contributed by atoms with Gasteiger partial charge in [0.15, 0.2) is 0 Å². The number of nitrogens with one attached hydrogen (secondary N) is 1. The Morgan fingerprint density at radius 2 is 1.91 bits per heavy atom. The van der Waals surface area contributed by atoms with Crippen LogP contribution in [0, 0.1) is 17.8 Å². The van der Waals surface area contributed by atoms with Crippen LogP contribution in [-0.4, -0.2) is 45.6 Å². The van der Waals surface area contributed by atoms with Gasteiger partial charge in [0.05, 0.1) is 18.0 Å². The van der Waals surface area contributed by atoms with Crippen molar-refractivity contribution in [3.8, 4) is 0 Å². The van der Waals surface area contributed by atoms with Crippen LogP contribution >= 0.6 is 0 Å². The van der Waals surface area contributed by atoms with Crippen molar-refractivity contribution in [3.63, 3.8) is 0 Å². The summed E-state index contributed by atoms with van der Waals surface area (Å²) in [5, 5.41) is 13.4. The third-order valence-corrected chi connectivity index (χ3v) is 7.24.